The summed E-state index contributed by atoms with van der Waals surface area (Å²) in [6.07, 6.45) is 6.64. The van der Waals surface area contributed by atoms with Crippen LogP contribution in [-0.2, 0) is 29.5 Å². The zero-order valence-electron chi connectivity index (χ0n) is 31.8. The lowest BCUT2D eigenvalue weighted by atomic mass is 9.57. The third-order valence-electron chi connectivity index (χ3n) is 13.0. The van der Waals surface area contributed by atoms with Crippen LogP contribution in [0.3, 0.4) is 0 Å². The number of hydrogen-bond donors (Lipinski definition) is 1. The van der Waals surface area contributed by atoms with Crippen molar-refractivity contribution in [2.45, 2.75) is 60.1 Å². The van der Waals surface area contributed by atoms with Gasteiger partial charge in [0.2, 0.25) is 5.91 Å². The van der Waals surface area contributed by atoms with Gasteiger partial charge in [0.1, 0.15) is 16.9 Å². The number of rotatable bonds is 12. The van der Waals surface area contributed by atoms with Crippen molar-refractivity contribution in [3.8, 4) is 0 Å². The molecule has 2 amide bonds. The van der Waals surface area contributed by atoms with Gasteiger partial charge in [-0.3, -0.25) is 4.79 Å². The number of alkyl carbamates (subject to hydrolysis) is 1. The van der Waals surface area contributed by atoms with E-state index in [1.54, 1.807) is 12.1 Å². The molecule has 2 aromatic rings. The first-order chi connectivity index (χ1) is 26.5. The second-order valence-corrected chi connectivity index (χ2v) is 18.4. The lowest BCUT2D eigenvalue weighted by molar-refractivity contribution is -0.126. The highest BCUT2D eigenvalue weighted by molar-refractivity contribution is 7.92. The molecular weight excluding hydrogens is 729 g/mol. The van der Waals surface area contributed by atoms with Crippen molar-refractivity contribution in [2.75, 3.05) is 90.7 Å². The number of methoxy groups -OCH3 is 1. The second kappa shape index (κ2) is 16.9. The number of halogens is 2. The summed E-state index contributed by atoms with van der Waals surface area (Å²) in [5.41, 5.74) is 1.09. The minimum atomic E-state index is -3.96. The maximum atomic E-state index is 15.5. The first-order valence-electron chi connectivity index (χ1n) is 19.8. The molecule has 7 rings (SSSR count). The third kappa shape index (κ3) is 8.29. The van der Waals surface area contributed by atoms with Crippen LogP contribution < -0.4 is 10.2 Å². The number of piperidine rings is 1. The Morgan fingerprint density at radius 1 is 0.982 bits per heavy atom. The Balaban J connectivity index is 0.997. The Morgan fingerprint density at radius 3 is 2.44 bits per heavy atom. The van der Waals surface area contributed by atoms with E-state index in [4.69, 9.17) is 9.47 Å². The maximum absolute atomic E-state index is 15.5. The number of hydrogen-bond acceptors (Lipinski definition) is 9. The van der Waals surface area contributed by atoms with E-state index in [0.717, 1.165) is 95.5 Å². The smallest absolute Gasteiger partial charge is 0.407 e. The summed E-state index contributed by atoms with van der Waals surface area (Å²) >= 11 is 0. The van der Waals surface area contributed by atoms with E-state index in [9.17, 15) is 18.0 Å². The van der Waals surface area contributed by atoms with Crippen molar-refractivity contribution in [3.05, 3.63) is 72.3 Å². The van der Waals surface area contributed by atoms with Gasteiger partial charge >= 0.3 is 6.09 Å². The fourth-order valence-electron chi connectivity index (χ4n) is 10.0. The highest BCUT2D eigenvalue weighted by Gasteiger charge is 2.53. The van der Waals surface area contributed by atoms with E-state index in [-0.39, 0.29) is 60.3 Å². The van der Waals surface area contributed by atoms with Gasteiger partial charge in [0.25, 0.3) is 0 Å². The summed E-state index contributed by atoms with van der Waals surface area (Å²) in [5.74, 6) is -0.393. The number of ether oxygens (including phenoxy) is 2. The number of amides is 2. The molecule has 14 heteroatoms. The molecule has 1 saturated carbocycles. The summed E-state index contributed by atoms with van der Waals surface area (Å²) in [6, 6.07) is 11.2. The van der Waals surface area contributed by atoms with Crippen LogP contribution in [0.25, 0.3) is 0 Å². The minimum absolute atomic E-state index is 0.0421. The fraction of sp³-hybridized carbons (Fsp3) is 0.610. The van der Waals surface area contributed by atoms with Crippen LogP contribution in [0.1, 0.15) is 44.1 Å². The number of carbonyl (C=O) groups excluding carboxylic acids is 2. The first-order valence-corrected chi connectivity index (χ1v) is 21.4. The van der Waals surface area contributed by atoms with Gasteiger partial charge in [0.05, 0.1) is 30.9 Å². The van der Waals surface area contributed by atoms with Gasteiger partial charge in [-0.25, -0.2) is 22.0 Å². The highest BCUT2D eigenvalue weighted by Crippen LogP contribution is 2.51. The van der Waals surface area contributed by atoms with Crippen molar-refractivity contribution in [1.82, 2.24) is 20.0 Å². The molecule has 11 nitrogen and oxygen atoms in total. The van der Waals surface area contributed by atoms with Gasteiger partial charge < -0.3 is 34.4 Å². The Hall–Kier alpha value is -3.59. The zero-order valence-corrected chi connectivity index (χ0v) is 32.7. The Kier molecular flexibility index (Phi) is 12.2. The van der Waals surface area contributed by atoms with Crippen molar-refractivity contribution < 1.29 is 36.3 Å². The van der Waals surface area contributed by atoms with Crippen LogP contribution in [0, 0.1) is 29.4 Å². The molecule has 55 heavy (non-hydrogen) atoms. The fourth-order valence-corrected chi connectivity index (χ4v) is 11.6. The van der Waals surface area contributed by atoms with Crippen LogP contribution in [0.15, 0.2) is 60.0 Å². The van der Waals surface area contributed by atoms with Gasteiger partial charge in [0, 0.05) is 56.6 Å². The van der Waals surface area contributed by atoms with Crippen molar-refractivity contribution >= 4 is 27.5 Å². The largest absolute Gasteiger partial charge is 0.453 e. The molecule has 0 radical (unpaired) electrons. The Bertz CT molecular complexity index is 1820. The minimum Gasteiger partial charge on any atom is -0.453 e. The standard InChI is InChI=1S/C41H55F2N5O6S/c1-3-39(49)47-19-20-54-27-34(26-47)55(51,52)33-11-12-38(36(43)22-33)48-24-29(25-48)23-45-17-13-30(14-18-45)41(28-46-15-6-16-46,31-7-4-8-32(42)21-31)35-9-5-10-37(35)44-40(50)53-2/h3-4,7-8,11-12,21-22,29-30,34-35,37H,1,5-6,9-10,13-20,23-28H2,2H3,(H,44,50)/t34-,35-,37-,41?/m0/s1. The van der Waals surface area contributed by atoms with E-state index in [2.05, 4.69) is 27.8 Å². The van der Waals surface area contributed by atoms with Crippen LogP contribution in [-0.4, -0.2) is 132 Å². The van der Waals surface area contributed by atoms with Gasteiger partial charge in [-0.1, -0.05) is 25.1 Å². The summed E-state index contributed by atoms with van der Waals surface area (Å²) in [4.78, 5) is 33.0. The number of sulfone groups is 1. The van der Waals surface area contributed by atoms with E-state index in [1.807, 2.05) is 11.0 Å². The number of anilines is 1. The molecule has 1 aliphatic carbocycles. The monoisotopic (exact) mass is 783 g/mol. The quantitative estimate of drug-likeness (QED) is 0.312. The first kappa shape index (κ1) is 39.6. The van der Waals surface area contributed by atoms with E-state index < -0.39 is 27.0 Å². The SMILES string of the molecule is C=CC(=O)N1CCOC[C@@H](S(=O)(=O)c2ccc(N3CC(CN4CCC(C(CN5CCC5)(c5cccc(F)c5)[C@H]5CCC[C@@H]5NC(=O)OC)CC4)C3)c(F)c2)C1. The molecule has 1 N–H and O–H groups in total. The predicted molar refractivity (Wildman–Crippen MR) is 206 cm³/mol. The molecular formula is C41H55F2N5O6S. The topological polar surface area (TPSA) is 112 Å². The summed E-state index contributed by atoms with van der Waals surface area (Å²) < 4.78 is 68.1. The molecule has 300 valence electrons. The van der Waals surface area contributed by atoms with Gasteiger partial charge in [0.15, 0.2) is 9.84 Å². The molecule has 0 spiro atoms. The number of benzene rings is 2. The van der Waals surface area contributed by atoms with Crippen molar-refractivity contribution in [1.29, 1.82) is 0 Å². The highest BCUT2D eigenvalue weighted by atomic mass is 32.2. The predicted octanol–water partition coefficient (Wildman–Crippen LogP) is 4.47. The zero-order chi connectivity index (χ0) is 38.7. The molecule has 2 aromatic carbocycles. The second-order valence-electron chi connectivity index (χ2n) is 16.1. The number of nitrogens with one attached hydrogen (secondary N) is 1. The number of nitrogens with zero attached hydrogens (tertiary/aromatic N) is 4. The Labute approximate surface area is 323 Å². The molecule has 5 aliphatic rings. The molecule has 4 aliphatic heterocycles. The van der Waals surface area contributed by atoms with Crippen LogP contribution in [0.2, 0.25) is 0 Å². The van der Waals surface area contributed by atoms with Gasteiger partial charge in [-0.05, 0) is 112 Å². The average Bonchev–Trinajstić information content (AvgIpc) is 3.45. The number of likely N-dealkylation sites (tertiary alicyclic amines) is 2. The molecule has 4 atom stereocenters. The van der Waals surface area contributed by atoms with Gasteiger partial charge in [-0.15, -0.1) is 0 Å². The lowest BCUT2D eigenvalue weighted by Crippen LogP contribution is -2.60. The van der Waals surface area contributed by atoms with E-state index in [1.165, 1.54) is 24.1 Å². The van der Waals surface area contributed by atoms with E-state index in [0.29, 0.717) is 30.6 Å². The summed E-state index contributed by atoms with van der Waals surface area (Å²) in [6.45, 7) is 10.8. The van der Waals surface area contributed by atoms with Crippen molar-refractivity contribution in [2.24, 2.45) is 17.8 Å². The van der Waals surface area contributed by atoms with Crippen LogP contribution in [0.4, 0.5) is 19.3 Å². The van der Waals surface area contributed by atoms with E-state index >= 15 is 8.78 Å². The Morgan fingerprint density at radius 2 is 1.76 bits per heavy atom. The molecule has 5 fully saturated rings. The molecule has 1 unspecified atom stereocenters. The molecule has 0 bridgehead atoms. The third-order valence-corrected chi connectivity index (χ3v) is 15.1. The molecule has 4 saturated heterocycles. The average molecular weight is 784 g/mol. The van der Waals surface area contributed by atoms with Crippen LogP contribution in [0.5, 0.6) is 0 Å². The summed E-state index contributed by atoms with van der Waals surface area (Å²) in [7, 11) is -2.57. The van der Waals surface area contributed by atoms with Crippen molar-refractivity contribution in [3.63, 3.8) is 0 Å². The van der Waals surface area contributed by atoms with Crippen LogP contribution >= 0.6 is 0 Å². The number of carbonyl (C=O) groups is 2. The maximum Gasteiger partial charge on any atom is 0.407 e. The molecule has 0 aromatic heterocycles. The molecule has 4 heterocycles. The van der Waals surface area contributed by atoms with Gasteiger partial charge in [-0.2, -0.15) is 0 Å². The lowest BCUT2D eigenvalue weighted by Gasteiger charge is -2.54. The normalized spacial score (nSPS) is 25.7. The summed E-state index contributed by atoms with van der Waals surface area (Å²) in [5, 5.41) is 2.15.